The standard InChI is InChI=1S/C12H19NO4/c1-16-12(15)9-3-2-5-13(7-9)11(14)10-4-6-17-8-10/h9-10H,2-8H2,1H3/t9-,10?/m0/s1. The molecule has 1 unspecified atom stereocenters. The molecule has 2 heterocycles. The molecule has 0 N–H and O–H groups in total. The SMILES string of the molecule is COC(=O)[C@H]1CCCN(C(=O)C2CCOC2)C1. The minimum atomic E-state index is -0.204. The molecule has 0 aromatic heterocycles. The smallest absolute Gasteiger partial charge is 0.310 e. The number of esters is 1. The zero-order valence-electron chi connectivity index (χ0n) is 10.2. The van der Waals surface area contributed by atoms with E-state index in [0.717, 1.165) is 25.8 Å². The summed E-state index contributed by atoms with van der Waals surface area (Å²) < 4.78 is 9.97. The molecule has 17 heavy (non-hydrogen) atoms. The minimum Gasteiger partial charge on any atom is -0.469 e. The number of piperidine rings is 1. The predicted molar refractivity (Wildman–Crippen MR) is 60.2 cm³/mol. The summed E-state index contributed by atoms with van der Waals surface area (Å²) in [4.78, 5) is 25.4. The van der Waals surface area contributed by atoms with Gasteiger partial charge in [0.15, 0.2) is 0 Å². The largest absolute Gasteiger partial charge is 0.469 e. The summed E-state index contributed by atoms with van der Waals surface area (Å²) in [6.07, 6.45) is 2.49. The number of hydrogen-bond acceptors (Lipinski definition) is 4. The van der Waals surface area contributed by atoms with Gasteiger partial charge in [-0.2, -0.15) is 0 Å². The lowest BCUT2D eigenvalue weighted by atomic mass is 9.96. The minimum absolute atomic E-state index is 0.00797. The maximum Gasteiger partial charge on any atom is 0.310 e. The Kier molecular flexibility index (Phi) is 3.99. The van der Waals surface area contributed by atoms with E-state index in [4.69, 9.17) is 9.47 Å². The molecule has 96 valence electrons. The zero-order valence-corrected chi connectivity index (χ0v) is 10.2. The van der Waals surface area contributed by atoms with Crippen LogP contribution < -0.4 is 0 Å². The van der Waals surface area contributed by atoms with Crippen molar-refractivity contribution in [2.75, 3.05) is 33.4 Å². The number of hydrogen-bond donors (Lipinski definition) is 0. The first kappa shape index (κ1) is 12.4. The van der Waals surface area contributed by atoms with Gasteiger partial charge in [0, 0.05) is 19.7 Å². The van der Waals surface area contributed by atoms with E-state index in [1.54, 1.807) is 4.90 Å². The van der Waals surface area contributed by atoms with E-state index in [0.29, 0.717) is 19.8 Å². The Morgan fingerprint density at radius 1 is 1.29 bits per heavy atom. The summed E-state index contributed by atoms with van der Waals surface area (Å²) in [7, 11) is 1.40. The number of nitrogens with zero attached hydrogens (tertiary/aromatic N) is 1. The molecule has 0 aromatic carbocycles. The molecule has 2 atom stereocenters. The number of likely N-dealkylation sites (tertiary alicyclic amines) is 1. The molecule has 2 fully saturated rings. The Hall–Kier alpha value is -1.10. The predicted octanol–water partition coefficient (Wildman–Crippen LogP) is 0.434. The van der Waals surface area contributed by atoms with E-state index in [-0.39, 0.29) is 23.7 Å². The van der Waals surface area contributed by atoms with Crippen molar-refractivity contribution >= 4 is 11.9 Å². The summed E-state index contributed by atoms with van der Waals surface area (Å²) in [5.41, 5.74) is 0. The molecule has 0 aromatic rings. The fourth-order valence-electron chi connectivity index (χ4n) is 2.52. The number of amides is 1. The highest BCUT2D eigenvalue weighted by Gasteiger charge is 2.33. The third kappa shape index (κ3) is 2.77. The molecule has 0 saturated carbocycles. The summed E-state index contributed by atoms with van der Waals surface area (Å²) >= 11 is 0. The Morgan fingerprint density at radius 2 is 2.12 bits per heavy atom. The number of carbonyl (C=O) groups is 2. The van der Waals surface area contributed by atoms with Crippen LogP contribution in [0.3, 0.4) is 0 Å². The van der Waals surface area contributed by atoms with Crippen molar-refractivity contribution in [3.05, 3.63) is 0 Å². The number of ether oxygens (including phenoxy) is 2. The van der Waals surface area contributed by atoms with Gasteiger partial charge in [-0.15, -0.1) is 0 Å². The average molecular weight is 241 g/mol. The maximum absolute atomic E-state index is 12.2. The van der Waals surface area contributed by atoms with Crippen molar-refractivity contribution in [1.82, 2.24) is 4.90 Å². The summed E-state index contributed by atoms with van der Waals surface area (Å²) in [6, 6.07) is 0. The highest BCUT2D eigenvalue weighted by atomic mass is 16.5. The highest BCUT2D eigenvalue weighted by molar-refractivity contribution is 5.80. The molecule has 2 rings (SSSR count). The topological polar surface area (TPSA) is 55.8 Å². The van der Waals surface area contributed by atoms with Crippen LogP contribution >= 0.6 is 0 Å². The van der Waals surface area contributed by atoms with Gasteiger partial charge < -0.3 is 14.4 Å². The molecule has 0 spiro atoms. The molecular weight excluding hydrogens is 222 g/mol. The third-order valence-electron chi connectivity index (χ3n) is 3.55. The molecular formula is C12H19NO4. The lowest BCUT2D eigenvalue weighted by molar-refractivity contribution is -0.149. The van der Waals surface area contributed by atoms with Crippen LogP contribution in [0.25, 0.3) is 0 Å². The molecule has 5 nitrogen and oxygen atoms in total. The van der Waals surface area contributed by atoms with Crippen LogP contribution in [0.1, 0.15) is 19.3 Å². The van der Waals surface area contributed by atoms with E-state index in [1.807, 2.05) is 0 Å². The molecule has 0 aliphatic carbocycles. The maximum atomic E-state index is 12.2. The van der Waals surface area contributed by atoms with Gasteiger partial charge in [0.1, 0.15) is 0 Å². The highest BCUT2D eigenvalue weighted by Crippen LogP contribution is 2.22. The van der Waals surface area contributed by atoms with Gasteiger partial charge in [-0.3, -0.25) is 9.59 Å². The van der Waals surface area contributed by atoms with Gasteiger partial charge >= 0.3 is 5.97 Å². The number of carbonyl (C=O) groups excluding carboxylic acids is 2. The van der Waals surface area contributed by atoms with Crippen LogP contribution in [0.15, 0.2) is 0 Å². The summed E-state index contributed by atoms with van der Waals surface area (Å²) in [6.45, 7) is 2.45. The monoisotopic (exact) mass is 241 g/mol. The van der Waals surface area contributed by atoms with Gasteiger partial charge in [0.25, 0.3) is 0 Å². The third-order valence-corrected chi connectivity index (χ3v) is 3.55. The van der Waals surface area contributed by atoms with Crippen LogP contribution in [0.2, 0.25) is 0 Å². The Morgan fingerprint density at radius 3 is 2.76 bits per heavy atom. The van der Waals surface area contributed by atoms with Gasteiger partial charge in [-0.25, -0.2) is 0 Å². The van der Waals surface area contributed by atoms with Crippen LogP contribution in [0.5, 0.6) is 0 Å². The van der Waals surface area contributed by atoms with Crippen LogP contribution in [0, 0.1) is 11.8 Å². The Balaban J connectivity index is 1.92. The van der Waals surface area contributed by atoms with Crippen LogP contribution in [0.4, 0.5) is 0 Å². The van der Waals surface area contributed by atoms with Crippen LogP contribution in [-0.2, 0) is 19.1 Å². The Bertz CT molecular complexity index is 299. The number of rotatable bonds is 2. The van der Waals surface area contributed by atoms with E-state index in [1.165, 1.54) is 7.11 Å². The van der Waals surface area contributed by atoms with Gasteiger partial charge in [-0.1, -0.05) is 0 Å². The molecule has 1 amide bonds. The van der Waals surface area contributed by atoms with E-state index in [2.05, 4.69) is 0 Å². The molecule has 2 aliphatic rings. The zero-order chi connectivity index (χ0) is 12.3. The van der Waals surface area contributed by atoms with E-state index in [9.17, 15) is 9.59 Å². The van der Waals surface area contributed by atoms with Crippen molar-refractivity contribution in [3.8, 4) is 0 Å². The quantitative estimate of drug-likeness (QED) is 0.658. The van der Waals surface area contributed by atoms with E-state index >= 15 is 0 Å². The lowest BCUT2D eigenvalue weighted by Crippen LogP contribution is -2.45. The van der Waals surface area contributed by atoms with Crippen molar-refractivity contribution < 1.29 is 19.1 Å². The molecule has 0 radical (unpaired) electrons. The second-order valence-electron chi connectivity index (χ2n) is 4.71. The van der Waals surface area contributed by atoms with Crippen molar-refractivity contribution in [2.45, 2.75) is 19.3 Å². The first-order chi connectivity index (χ1) is 8.22. The molecule has 2 saturated heterocycles. The number of methoxy groups -OCH3 is 1. The van der Waals surface area contributed by atoms with Gasteiger partial charge in [0.05, 0.1) is 25.6 Å². The van der Waals surface area contributed by atoms with Crippen molar-refractivity contribution in [2.24, 2.45) is 11.8 Å². The normalized spacial score (nSPS) is 29.1. The molecule has 5 heteroatoms. The fourth-order valence-corrected chi connectivity index (χ4v) is 2.52. The van der Waals surface area contributed by atoms with Crippen molar-refractivity contribution in [1.29, 1.82) is 0 Å². The second kappa shape index (κ2) is 5.49. The first-order valence-electron chi connectivity index (χ1n) is 6.16. The summed E-state index contributed by atoms with van der Waals surface area (Å²) in [5, 5.41) is 0. The van der Waals surface area contributed by atoms with E-state index < -0.39 is 0 Å². The van der Waals surface area contributed by atoms with Crippen LogP contribution in [-0.4, -0.2) is 50.2 Å². The molecule has 0 bridgehead atoms. The molecule has 2 aliphatic heterocycles. The van der Waals surface area contributed by atoms with Gasteiger partial charge in [0.2, 0.25) is 5.91 Å². The van der Waals surface area contributed by atoms with Gasteiger partial charge in [-0.05, 0) is 19.3 Å². The first-order valence-corrected chi connectivity index (χ1v) is 6.16. The van der Waals surface area contributed by atoms with Crippen molar-refractivity contribution in [3.63, 3.8) is 0 Å². The fraction of sp³-hybridized carbons (Fsp3) is 0.833. The summed E-state index contributed by atoms with van der Waals surface area (Å²) in [5.74, 6) is -0.229. The average Bonchev–Trinajstić information content (AvgIpc) is 2.91. The lowest BCUT2D eigenvalue weighted by Gasteiger charge is -2.32. The Labute approximate surface area is 101 Å². The second-order valence-corrected chi connectivity index (χ2v) is 4.71.